The predicted octanol–water partition coefficient (Wildman–Crippen LogP) is 2.05. The van der Waals surface area contributed by atoms with Gasteiger partial charge in [-0.1, -0.05) is 0 Å². The number of hydrogen-bond donors (Lipinski definition) is 0. The molecule has 0 saturated heterocycles. The van der Waals surface area contributed by atoms with Crippen LogP contribution in [0.15, 0.2) is 16.7 Å². The van der Waals surface area contributed by atoms with E-state index < -0.39 is 5.82 Å². The smallest absolute Gasteiger partial charge is 0.155 e. The van der Waals surface area contributed by atoms with Gasteiger partial charge in [0.05, 0.1) is 28.9 Å². The van der Waals surface area contributed by atoms with E-state index in [0.29, 0.717) is 10.2 Å². The molecule has 0 amide bonds. The maximum atomic E-state index is 12.5. The highest BCUT2D eigenvalue weighted by Crippen LogP contribution is 2.14. The minimum Gasteiger partial charge on any atom is -0.257 e. The van der Waals surface area contributed by atoms with Crippen molar-refractivity contribution in [3.8, 4) is 6.07 Å². The summed E-state index contributed by atoms with van der Waals surface area (Å²) in [6, 6.07) is 3.42. The number of aromatic nitrogens is 1. The molecule has 0 aliphatic carbocycles. The fourth-order valence-corrected chi connectivity index (χ4v) is 0.998. The van der Waals surface area contributed by atoms with Crippen molar-refractivity contribution in [2.45, 2.75) is 6.42 Å². The van der Waals surface area contributed by atoms with E-state index in [0.717, 1.165) is 6.20 Å². The van der Waals surface area contributed by atoms with Gasteiger partial charge >= 0.3 is 0 Å². The highest BCUT2D eigenvalue weighted by molar-refractivity contribution is 9.10. The number of nitriles is 1. The molecular formula is C7H4BrFN2. The predicted molar refractivity (Wildman–Crippen MR) is 41.2 cm³/mol. The van der Waals surface area contributed by atoms with Crippen LogP contribution in [0.5, 0.6) is 0 Å². The average Bonchev–Trinajstić information content (AvgIpc) is 1.98. The Hall–Kier alpha value is -0.950. The Morgan fingerprint density at radius 1 is 1.73 bits per heavy atom. The van der Waals surface area contributed by atoms with Gasteiger partial charge in [-0.15, -0.1) is 0 Å². The van der Waals surface area contributed by atoms with Gasteiger partial charge in [-0.2, -0.15) is 5.26 Å². The molecule has 0 bridgehead atoms. The lowest BCUT2D eigenvalue weighted by atomic mass is 10.3. The monoisotopic (exact) mass is 214 g/mol. The molecule has 1 rings (SSSR count). The van der Waals surface area contributed by atoms with Crippen LogP contribution in [0.1, 0.15) is 5.69 Å². The lowest BCUT2D eigenvalue weighted by Gasteiger charge is -1.95. The highest BCUT2D eigenvalue weighted by atomic mass is 79.9. The Balaban J connectivity index is 2.98. The molecule has 1 aromatic heterocycles. The molecule has 56 valence electrons. The van der Waals surface area contributed by atoms with E-state index in [4.69, 9.17) is 5.26 Å². The quantitative estimate of drug-likeness (QED) is 0.718. The van der Waals surface area contributed by atoms with Gasteiger partial charge in [-0.25, -0.2) is 4.39 Å². The molecule has 2 nitrogen and oxygen atoms in total. The van der Waals surface area contributed by atoms with Crippen LogP contribution in [0.25, 0.3) is 0 Å². The molecule has 0 aromatic carbocycles. The van der Waals surface area contributed by atoms with Crippen LogP contribution in [0.3, 0.4) is 0 Å². The summed E-state index contributed by atoms with van der Waals surface area (Å²) in [6.07, 6.45) is 1.30. The third kappa shape index (κ3) is 1.99. The molecule has 1 aromatic rings. The van der Waals surface area contributed by atoms with E-state index in [2.05, 4.69) is 20.9 Å². The first-order chi connectivity index (χ1) is 5.24. The molecule has 0 aliphatic heterocycles. The van der Waals surface area contributed by atoms with E-state index in [1.54, 1.807) is 0 Å². The van der Waals surface area contributed by atoms with Crippen molar-refractivity contribution in [3.05, 3.63) is 28.2 Å². The number of hydrogen-bond acceptors (Lipinski definition) is 2. The maximum absolute atomic E-state index is 12.5. The van der Waals surface area contributed by atoms with E-state index in [9.17, 15) is 4.39 Å². The van der Waals surface area contributed by atoms with Crippen LogP contribution in [-0.2, 0) is 6.42 Å². The molecule has 0 fully saturated rings. The van der Waals surface area contributed by atoms with Crippen molar-refractivity contribution in [2.24, 2.45) is 0 Å². The summed E-state index contributed by atoms with van der Waals surface area (Å²) < 4.78 is 12.9. The van der Waals surface area contributed by atoms with Crippen LogP contribution in [0.2, 0.25) is 0 Å². The second-order valence-electron chi connectivity index (χ2n) is 1.92. The molecule has 0 N–H and O–H groups in total. The molecule has 11 heavy (non-hydrogen) atoms. The Bertz CT molecular complexity index is 306. The normalized spacial score (nSPS) is 9.18. The van der Waals surface area contributed by atoms with Gasteiger partial charge < -0.3 is 0 Å². The van der Waals surface area contributed by atoms with Crippen molar-refractivity contribution in [2.75, 3.05) is 0 Å². The molecule has 0 spiro atoms. The van der Waals surface area contributed by atoms with Crippen LogP contribution in [0, 0.1) is 17.1 Å². The van der Waals surface area contributed by atoms with E-state index in [-0.39, 0.29) is 6.42 Å². The molecule has 0 atom stereocenters. The first kappa shape index (κ1) is 8.15. The van der Waals surface area contributed by atoms with Gasteiger partial charge in [0.25, 0.3) is 0 Å². The zero-order chi connectivity index (χ0) is 8.27. The topological polar surface area (TPSA) is 36.7 Å². The molecular weight excluding hydrogens is 211 g/mol. The first-order valence-electron chi connectivity index (χ1n) is 2.91. The van der Waals surface area contributed by atoms with Crippen molar-refractivity contribution in [1.29, 1.82) is 5.26 Å². The lowest BCUT2D eigenvalue weighted by molar-refractivity contribution is 0.613. The molecule has 0 radical (unpaired) electrons. The Morgan fingerprint density at radius 2 is 2.45 bits per heavy atom. The van der Waals surface area contributed by atoms with Gasteiger partial charge in [0.1, 0.15) is 0 Å². The molecule has 0 aliphatic rings. The first-order valence-corrected chi connectivity index (χ1v) is 3.70. The summed E-state index contributed by atoms with van der Waals surface area (Å²) in [7, 11) is 0. The standard InChI is InChI=1S/C7H4BrFN2/c8-6-3-5(1-2-10)11-4-7(6)9/h3-4H,1H2. The van der Waals surface area contributed by atoms with Crippen molar-refractivity contribution in [3.63, 3.8) is 0 Å². The summed E-state index contributed by atoms with van der Waals surface area (Å²) >= 11 is 2.99. The molecule has 1 heterocycles. The summed E-state index contributed by atoms with van der Waals surface area (Å²) in [5.74, 6) is -0.410. The second-order valence-corrected chi connectivity index (χ2v) is 2.78. The average molecular weight is 215 g/mol. The third-order valence-corrected chi connectivity index (χ3v) is 1.73. The summed E-state index contributed by atoms with van der Waals surface area (Å²) in [6.45, 7) is 0. The second kappa shape index (κ2) is 3.44. The van der Waals surface area contributed by atoms with Crippen molar-refractivity contribution < 1.29 is 4.39 Å². The van der Waals surface area contributed by atoms with Crippen LogP contribution in [-0.4, -0.2) is 4.98 Å². The van der Waals surface area contributed by atoms with Crippen molar-refractivity contribution >= 4 is 15.9 Å². The fraction of sp³-hybridized carbons (Fsp3) is 0.143. The molecule has 0 unspecified atom stereocenters. The van der Waals surface area contributed by atoms with Gasteiger partial charge in [0, 0.05) is 0 Å². The summed E-state index contributed by atoms with van der Waals surface area (Å²) in [5.41, 5.74) is 0.570. The Morgan fingerprint density at radius 3 is 3.00 bits per heavy atom. The largest absolute Gasteiger partial charge is 0.257 e. The molecule has 0 saturated carbocycles. The number of pyridine rings is 1. The minimum atomic E-state index is -0.410. The lowest BCUT2D eigenvalue weighted by Crippen LogP contribution is -1.89. The third-order valence-electron chi connectivity index (χ3n) is 1.13. The zero-order valence-corrected chi connectivity index (χ0v) is 7.10. The van der Waals surface area contributed by atoms with Gasteiger partial charge in [-0.05, 0) is 22.0 Å². The van der Waals surface area contributed by atoms with Crippen LogP contribution >= 0.6 is 15.9 Å². The van der Waals surface area contributed by atoms with E-state index in [1.165, 1.54) is 6.07 Å². The fourth-order valence-electron chi connectivity index (χ4n) is 0.631. The van der Waals surface area contributed by atoms with Gasteiger partial charge in [-0.3, -0.25) is 4.98 Å². The van der Waals surface area contributed by atoms with Gasteiger partial charge in [0.15, 0.2) is 5.82 Å². The van der Waals surface area contributed by atoms with E-state index >= 15 is 0 Å². The zero-order valence-electron chi connectivity index (χ0n) is 5.51. The van der Waals surface area contributed by atoms with Crippen LogP contribution < -0.4 is 0 Å². The van der Waals surface area contributed by atoms with E-state index in [1.807, 2.05) is 6.07 Å². The maximum Gasteiger partial charge on any atom is 0.155 e. The number of nitrogens with zero attached hydrogens (tertiary/aromatic N) is 2. The van der Waals surface area contributed by atoms with Crippen molar-refractivity contribution in [1.82, 2.24) is 4.98 Å². The molecule has 4 heteroatoms. The SMILES string of the molecule is N#CCc1cc(Br)c(F)cn1. The number of rotatable bonds is 1. The Labute approximate surface area is 71.8 Å². The number of halogens is 2. The summed E-state index contributed by atoms with van der Waals surface area (Å²) in [5, 5.41) is 8.28. The highest BCUT2D eigenvalue weighted by Gasteiger charge is 2.00. The minimum absolute atomic E-state index is 0.207. The summed E-state index contributed by atoms with van der Waals surface area (Å²) in [4.78, 5) is 3.70. The van der Waals surface area contributed by atoms with Crippen LogP contribution in [0.4, 0.5) is 4.39 Å². The Kier molecular flexibility index (Phi) is 2.55. The van der Waals surface area contributed by atoms with Gasteiger partial charge in [0.2, 0.25) is 0 Å².